The number of carbonyl (C=O) groups is 2. The van der Waals surface area contributed by atoms with E-state index >= 15 is 0 Å². The zero-order chi connectivity index (χ0) is 16.2. The van der Waals surface area contributed by atoms with Crippen molar-refractivity contribution in [3.8, 4) is 0 Å². The van der Waals surface area contributed by atoms with E-state index < -0.39 is 11.9 Å². The van der Waals surface area contributed by atoms with Gasteiger partial charge in [-0.15, -0.1) is 0 Å². The Morgan fingerprint density at radius 1 is 1.26 bits per heavy atom. The second-order valence-electron chi connectivity index (χ2n) is 5.71. The van der Waals surface area contributed by atoms with E-state index in [1.54, 1.807) is 17.2 Å². The zero-order valence-corrected chi connectivity index (χ0v) is 12.7. The second-order valence-corrected chi connectivity index (χ2v) is 5.71. The number of hydrogen-bond donors (Lipinski definition) is 1. The van der Waals surface area contributed by atoms with Gasteiger partial charge < -0.3 is 10.0 Å². The van der Waals surface area contributed by atoms with Gasteiger partial charge >= 0.3 is 5.97 Å². The maximum atomic E-state index is 12.3. The lowest BCUT2D eigenvalue weighted by molar-refractivity contribution is -0.144. The summed E-state index contributed by atoms with van der Waals surface area (Å²) in [6.45, 7) is 0.902. The average molecular weight is 310 g/mol. The number of aromatic nitrogens is 1. The fourth-order valence-corrected chi connectivity index (χ4v) is 2.91. The van der Waals surface area contributed by atoms with Crippen molar-refractivity contribution in [2.45, 2.75) is 12.8 Å². The van der Waals surface area contributed by atoms with Crippen LogP contribution in [0.1, 0.15) is 18.4 Å². The summed E-state index contributed by atoms with van der Waals surface area (Å²) in [6.07, 6.45) is 6.38. The molecule has 2 aromatic rings. The lowest BCUT2D eigenvalue weighted by atomic mass is 9.98. The summed E-state index contributed by atoms with van der Waals surface area (Å²) >= 11 is 0. The Morgan fingerprint density at radius 2 is 2.09 bits per heavy atom. The van der Waals surface area contributed by atoms with Crippen LogP contribution in [0, 0.1) is 5.92 Å². The molecule has 0 saturated carbocycles. The summed E-state index contributed by atoms with van der Waals surface area (Å²) in [4.78, 5) is 29.3. The van der Waals surface area contributed by atoms with Crippen molar-refractivity contribution < 1.29 is 14.7 Å². The molecule has 1 saturated heterocycles. The third-order valence-electron chi connectivity index (χ3n) is 4.17. The molecule has 2 heterocycles. The number of amides is 1. The standard InChI is InChI=1S/C18H18N2O3/c21-17(20-11-3-4-14(12-20)18(22)23)8-7-13-9-10-19-16-6-2-1-5-15(13)16/h1-2,5-10,14H,3-4,11-12H2,(H,22,23). The molecule has 1 fully saturated rings. The van der Waals surface area contributed by atoms with Crippen LogP contribution >= 0.6 is 0 Å². The van der Waals surface area contributed by atoms with Gasteiger partial charge in [-0.1, -0.05) is 18.2 Å². The molecule has 1 N–H and O–H groups in total. The van der Waals surface area contributed by atoms with Crippen molar-refractivity contribution in [1.82, 2.24) is 9.88 Å². The number of aliphatic carboxylic acids is 1. The van der Waals surface area contributed by atoms with Gasteiger partial charge in [0.1, 0.15) is 0 Å². The van der Waals surface area contributed by atoms with Crippen LogP contribution in [-0.4, -0.2) is 40.0 Å². The predicted octanol–water partition coefficient (Wildman–Crippen LogP) is 2.57. The number of hydrogen-bond acceptors (Lipinski definition) is 3. The van der Waals surface area contributed by atoms with Gasteiger partial charge in [-0.3, -0.25) is 14.6 Å². The lowest BCUT2D eigenvalue weighted by Gasteiger charge is -2.29. The number of carboxylic acids is 1. The van der Waals surface area contributed by atoms with Crippen LogP contribution in [-0.2, 0) is 9.59 Å². The molecule has 3 rings (SSSR count). The van der Waals surface area contributed by atoms with Crippen LogP contribution in [0.25, 0.3) is 17.0 Å². The number of nitrogens with zero attached hydrogens (tertiary/aromatic N) is 2. The molecule has 0 bridgehead atoms. The van der Waals surface area contributed by atoms with Crippen LogP contribution in [0.15, 0.2) is 42.6 Å². The Morgan fingerprint density at radius 3 is 2.91 bits per heavy atom. The Bertz CT molecular complexity index is 764. The molecule has 1 atom stereocenters. The van der Waals surface area contributed by atoms with E-state index in [-0.39, 0.29) is 12.5 Å². The SMILES string of the molecule is O=C(O)C1CCCN(C(=O)C=Cc2ccnc3ccccc23)C1. The molecule has 118 valence electrons. The van der Waals surface area contributed by atoms with Gasteiger partial charge in [-0.25, -0.2) is 0 Å². The summed E-state index contributed by atoms with van der Waals surface area (Å²) in [5.41, 5.74) is 1.81. The molecule has 23 heavy (non-hydrogen) atoms. The fourth-order valence-electron chi connectivity index (χ4n) is 2.91. The van der Waals surface area contributed by atoms with Crippen molar-refractivity contribution in [2.75, 3.05) is 13.1 Å². The van der Waals surface area contributed by atoms with Crippen LogP contribution < -0.4 is 0 Å². The Labute approximate surface area is 134 Å². The van der Waals surface area contributed by atoms with E-state index in [1.807, 2.05) is 30.3 Å². The highest BCUT2D eigenvalue weighted by molar-refractivity contribution is 5.95. The number of carboxylic acid groups (broad SMARTS) is 1. The first-order chi connectivity index (χ1) is 11.1. The summed E-state index contributed by atoms with van der Waals surface area (Å²) in [6, 6.07) is 9.62. The number of carbonyl (C=O) groups excluding carboxylic acids is 1. The first-order valence-electron chi connectivity index (χ1n) is 7.68. The molecule has 5 nitrogen and oxygen atoms in total. The molecule has 1 aliphatic heterocycles. The molecule has 0 aliphatic carbocycles. The van der Waals surface area contributed by atoms with E-state index in [9.17, 15) is 9.59 Å². The molecule has 1 aliphatic rings. The third-order valence-corrected chi connectivity index (χ3v) is 4.17. The normalized spacial score (nSPS) is 18.4. The quantitative estimate of drug-likeness (QED) is 0.885. The monoisotopic (exact) mass is 310 g/mol. The number of para-hydroxylation sites is 1. The molecule has 1 amide bonds. The maximum absolute atomic E-state index is 12.3. The van der Waals surface area contributed by atoms with Crippen molar-refractivity contribution in [3.63, 3.8) is 0 Å². The summed E-state index contributed by atoms with van der Waals surface area (Å²) in [7, 11) is 0. The van der Waals surface area contributed by atoms with E-state index in [0.717, 1.165) is 22.9 Å². The highest BCUT2D eigenvalue weighted by Crippen LogP contribution is 2.19. The van der Waals surface area contributed by atoms with Crippen LogP contribution in [0.3, 0.4) is 0 Å². The summed E-state index contributed by atoms with van der Waals surface area (Å²) in [5.74, 6) is -1.42. The fraction of sp³-hybridized carbons (Fsp3) is 0.278. The van der Waals surface area contributed by atoms with Gasteiger partial charge in [0.25, 0.3) is 0 Å². The van der Waals surface area contributed by atoms with Gasteiger partial charge in [0.05, 0.1) is 11.4 Å². The van der Waals surface area contributed by atoms with Gasteiger partial charge in [0, 0.05) is 30.7 Å². The number of benzene rings is 1. The van der Waals surface area contributed by atoms with E-state index in [4.69, 9.17) is 5.11 Å². The smallest absolute Gasteiger partial charge is 0.308 e. The molecular formula is C18H18N2O3. The van der Waals surface area contributed by atoms with Gasteiger partial charge in [0.2, 0.25) is 5.91 Å². The van der Waals surface area contributed by atoms with Crippen molar-refractivity contribution in [2.24, 2.45) is 5.92 Å². The molecule has 5 heteroatoms. The molecule has 0 radical (unpaired) electrons. The van der Waals surface area contributed by atoms with Crippen LogP contribution in [0.5, 0.6) is 0 Å². The molecule has 1 aromatic heterocycles. The first kappa shape index (κ1) is 15.2. The average Bonchev–Trinajstić information content (AvgIpc) is 2.59. The van der Waals surface area contributed by atoms with E-state index in [0.29, 0.717) is 13.0 Å². The minimum absolute atomic E-state index is 0.142. The summed E-state index contributed by atoms with van der Waals surface area (Å²) in [5, 5.41) is 10.1. The number of rotatable bonds is 3. The van der Waals surface area contributed by atoms with Gasteiger partial charge in [-0.2, -0.15) is 0 Å². The first-order valence-corrected chi connectivity index (χ1v) is 7.68. The van der Waals surface area contributed by atoms with Crippen molar-refractivity contribution in [3.05, 3.63) is 48.2 Å². The zero-order valence-electron chi connectivity index (χ0n) is 12.7. The van der Waals surface area contributed by atoms with Crippen LogP contribution in [0.2, 0.25) is 0 Å². The molecule has 0 spiro atoms. The Hall–Kier alpha value is -2.69. The minimum atomic E-state index is -0.827. The van der Waals surface area contributed by atoms with Crippen LogP contribution in [0.4, 0.5) is 0 Å². The van der Waals surface area contributed by atoms with E-state index in [2.05, 4.69) is 4.98 Å². The molecular weight excluding hydrogens is 292 g/mol. The summed E-state index contributed by atoms with van der Waals surface area (Å²) < 4.78 is 0. The number of likely N-dealkylation sites (tertiary alicyclic amines) is 1. The van der Waals surface area contributed by atoms with Gasteiger partial charge in [0.15, 0.2) is 0 Å². The van der Waals surface area contributed by atoms with Crippen molar-refractivity contribution in [1.29, 1.82) is 0 Å². The second kappa shape index (κ2) is 6.60. The Kier molecular flexibility index (Phi) is 4.37. The number of fused-ring (bicyclic) bond motifs is 1. The lowest BCUT2D eigenvalue weighted by Crippen LogP contribution is -2.41. The molecule has 1 unspecified atom stereocenters. The minimum Gasteiger partial charge on any atom is -0.481 e. The maximum Gasteiger partial charge on any atom is 0.308 e. The molecule has 1 aromatic carbocycles. The third kappa shape index (κ3) is 3.39. The number of pyridine rings is 1. The highest BCUT2D eigenvalue weighted by atomic mass is 16.4. The predicted molar refractivity (Wildman–Crippen MR) is 87.7 cm³/mol. The highest BCUT2D eigenvalue weighted by Gasteiger charge is 2.27. The van der Waals surface area contributed by atoms with Crippen molar-refractivity contribution >= 4 is 28.9 Å². The van der Waals surface area contributed by atoms with E-state index in [1.165, 1.54) is 6.08 Å². The van der Waals surface area contributed by atoms with Gasteiger partial charge in [-0.05, 0) is 36.6 Å². The largest absolute Gasteiger partial charge is 0.481 e. The topological polar surface area (TPSA) is 70.5 Å². The Balaban J connectivity index is 1.76. The number of piperidine rings is 1.